The van der Waals surface area contributed by atoms with Gasteiger partial charge in [-0.2, -0.15) is 0 Å². The Morgan fingerprint density at radius 2 is 2.50 bits per heavy atom. The lowest BCUT2D eigenvalue weighted by molar-refractivity contribution is 0.511. The van der Waals surface area contributed by atoms with Crippen LogP contribution in [0.2, 0.25) is 0 Å². The lowest BCUT2D eigenvalue weighted by Crippen LogP contribution is -2.29. The number of hydrogen-bond acceptors (Lipinski definition) is 3. The van der Waals surface area contributed by atoms with E-state index in [1.807, 2.05) is 0 Å². The Balaban J connectivity index is 2.18. The van der Waals surface area contributed by atoms with Crippen molar-refractivity contribution in [3.8, 4) is 0 Å². The van der Waals surface area contributed by atoms with Gasteiger partial charge in [0.1, 0.15) is 6.54 Å². The summed E-state index contributed by atoms with van der Waals surface area (Å²) in [6, 6.07) is 0. The van der Waals surface area contributed by atoms with Crippen LogP contribution in [-0.4, -0.2) is 13.1 Å². The van der Waals surface area contributed by atoms with Crippen LogP contribution in [0.5, 0.6) is 0 Å². The third kappa shape index (κ3) is 0.680. The highest BCUT2D eigenvalue weighted by atomic mass is 16.5. The van der Waals surface area contributed by atoms with E-state index >= 15 is 0 Å². The number of hydrazine groups is 1. The first-order valence-electron chi connectivity index (χ1n) is 2.08. The fraction of sp³-hybridized carbons (Fsp3) is 1.00. The molecule has 6 heavy (non-hydrogen) atoms. The monoisotopic (exact) mass is 87.1 g/mol. The molecule has 0 aromatic rings. The largest absolute Gasteiger partial charge is 0.559 e. The molecule has 0 aromatic carbocycles. The molecule has 0 aromatic heterocycles. The van der Waals surface area contributed by atoms with E-state index in [0.717, 1.165) is 18.1 Å². The van der Waals surface area contributed by atoms with Crippen LogP contribution in [0, 0.1) is 5.21 Å². The molecule has 0 amide bonds. The zero-order chi connectivity index (χ0) is 4.41. The van der Waals surface area contributed by atoms with Gasteiger partial charge in [-0.1, -0.05) is 0 Å². The summed E-state index contributed by atoms with van der Waals surface area (Å²) in [5.74, 6) is 0. The van der Waals surface area contributed by atoms with Crippen molar-refractivity contribution in [1.82, 2.24) is 10.6 Å². The van der Waals surface area contributed by atoms with E-state index in [4.69, 9.17) is 0 Å². The number of hydrogen-bond donors (Lipinski definition) is 1. The Kier molecular flexibility index (Phi) is 1.05. The van der Waals surface area contributed by atoms with Gasteiger partial charge in [0, 0.05) is 6.42 Å². The summed E-state index contributed by atoms with van der Waals surface area (Å²) in [5.41, 5.74) is 2.60. The van der Waals surface area contributed by atoms with Crippen molar-refractivity contribution in [3.63, 3.8) is 0 Å². The van der Waals surface area contributed by atoms with E-state index in [9.17, 15) is 5.21 Å². The van der Waals surface area contributed by atoms with Gasteiger partial charge < -0.3 is 5.21 Å². The number of nitrogens with zero attached hydrogens (tertiary/aromatic N) is 1. The molecule has 0 bridgehead atoms. The highest BCUT2D eigenvalue weighted by Crippen LogP contribution is 1.86. The lowest BCUT2D eigenvalue weighted by Gasteiger charge is -2.00. The van der Waals surface area contributed by atoms with Crippen molar-refractivity contribution in [3.05, 3.63) is 5.21 Å². The molecule has 1 aliphatic rings. The van der Waals surface area contributed by atoms with Crippen LogP contribution < -0.4 is 10.6 Å². The quantitative estimate of drug-likeness (QED) is 0.320. The maximum atomic E-state index is 10.0. The summed E-state index contributed by atoms with van der Waals surface area (Å²) in [4.78, 5) is 0. The van der Waals surface area contributed by atoms with E-state index in [1.165, 1.54) is 0 Å². The van der Waals surface area contributed by atoms with Gasteiger partial charge in [0.2, 0.25) is 0 Å². The van der Waals surface area contributed by atoms with Gasteiger partial charge in [0.05, 0.1) is 6.54 Å². The number of rotatable bonds is 0. The Hall–Kier alpha value is -0.120. The van der Waals surface area contributed by atoms with Crippen molar-refractivity contribution >= 4 is 0 Å². The minimum atomic E-state index is 0.653. The number of nitrogens with one attached hydrogen (secondary N) is 1. The second kappa shape index (κ2) is 1.55. The van der Waals surface area contributed by atoms with Crippen LogP contribution >= 0.6 is 0 Å². The maximum absolute atomic E-state index is 10.0. The second-order valence-electron chi connectivity index (χ2n) is 1.36. The van der Waals surface area contributed by atoms with Crippen molar-refractivity contribution in [1.29, 1.82) is 0 Å². The molecule has 1 radical (unpaired) electrons. The van der Waals surface area contributed by atoms with Crippen molar-refractivity contribution in [2.45, 2.75) is 6.42 Å². The predicted molar refractivity (Wildman–Crippen MR) is 23.0 cm³/mol. The van der Waals surface area contributed by atoms with E-state index in [1.54, 1.807) is 0 Å². The average molecular weight is 87.1 g/mol. The normalized spacial score (nSPS) is 25.5. The topological polar surface area (TPSA) is 41.0 Å². The molecular weight excluding hydrogens is 80.0 g/mol. The first-order valence-corrected chi connectivity index (χ1v) is 2.08. The van der Waals surface area contributed by atoms with Crippen LogP contribution in [0.15, 0.2) is 0 Å². The average Bonchev–Trinajstić information content (AvgIpc) is 1.86. The SMILES string of the molecule is [O-][N+]1CCCN1. The summed E-state index contributed by atoms with van der Waals surface area (Å²) in [7, 11) is 0. The van der Waals surface area contributed by atoms with Gasteiger partial charge in [-0.15, -0.1) is 10.6 Å². The molecule has 1 N–H and O–H groups in total. The first-order chi connectivity index (χ1) is 2.89. The predicted octanol–water partition coefficient (Wildman–Crippen LogP) is -0.467. The smallest absolute Gasteiger partial charge is 0.146 e. The van der Waals surface area contributed by atoms with Gasteiger partial charge in [-0.25, -0.2) is 0 Å². The third-order valence-corrected chi connectivity index (χ3v) is 0.826. The van der Waals surface area contributed by atoms with Crippen molar-refractivity contribution in [2.75, 3.05) is 13.1 Å². The molecular formula is C3H7N2O. The minimum Gasteiger partial charge on any atom is -0.559 e. The van der Waals surface area contributed by atoms with Gasteiger partial charge in [0.25, 0.3) is 0 Å². The highest BCUT2D eigenvalue weighted by molar-refractivity contribution is 4.65. The van der Waals surface area contributed by atoms with Crippen LogP contribution in [0.1, 0.15) is 6.42 Å². The van der Waals surface area contributed by atoms with Crippen LogP contribution in [0.25, 0.3) is 0 Å². The van der Waals surface area contributed by atoms with E-state index in [0.29, 0.717) is 6.54 Å². The Morgan fingerprint density at radius 1 is 1.67 bits per heavy atom. The molecule has 0 unspecified atom stereocenters. The van der Waals surface area contributed by atoms with Gasteiger partial charge in [-0.3, -0.25) is 0 Å². The van der Waals surface area contributed by atoms with E-state index < -0.39 is 0 Å². The zero-order valence-corrected chi connectivity index (χ0v) is 3.48. The van der Waals surface area contributed by atoms with Gasteiger partial charge in [0.15, 0.2) is 0 Å². The molecule has 0 aliphatic carbocycles. The Labute approximate surface area is 36.5 Å². The van der Waals surface area contributed by atoms with Crippen molar-refractivity contribution < 1.29 is 0 Å². The molecule has 1 heterocycles. The molecule has 1 rings (SSSR count). The van der Waals surface area contributed by atoms with Gasteiger partial charge in [-0.05, 0) is 0 Å². The fourth-order valence-corrected chi connectivity index (χ4v) is 0.505. The molecule has 3 nitrogen and oxygen atoms in total. The van der Waals surface area contributed by atoms with Crippen LogP contribution in [0.4, 0.5) is 0 Å². The molecule has 0 atom stereocenters. The van der Waals surface area contributed by atoms with Crippen molar-refractivity contribution in [2.24, 2.45) is 0 Å². The van der Waals surface area contributed by atoms with Crippen LogP contribution in [-0.2, 0) is 0 Å². The third-order valence-electron chi connectivity index (χ3n) is 0.826. The van der Waals surface area contributed by atoms with E-state index in [-0.39, 0.29) is 0 Å². The fourth-order valence-electron chi connectivity index (χ4n) is 0.505. The molecule has 3 heteroatoms. The molecule has 1 fully saturated rings. The highest BCUT2D eigenvalue weighted by Gasteiger charge is 2.09. The van der Waals surface area contributed by atoms with Crippen LogP contribution in [0.3, 0.4) is 0 Å². The molecule has 1 saturated heterocycles. The summed E-state index contributed by atoms with van der Waals surface area (Å²) < 4.78 is 0. The molecule has 0 saturated carbocycles. The first kappa shape index (κ1) is 4.05. The molecule has 0 spiro atoms. The lowest BCUT2D eigenvalue weighted by atomic mass is 10.5. The summed E-state index contributed by atoms with van der Waals surface area (Å²) in [5, 5.41) is 10.9. The standard InChI is InChI=1S/C3H7N2O/c6-5-3-1-2-4-5/h4H,1-3H2. The Bertz CT molecular complexity index is 42.1. The molecule has 35 valence electrons. The number of hydroxylamine groups is 1. The zero-order valence-electron chi connectivity index (χ0n) is 3.48. The maximum Gasteiger partial charge on any atom is 0.146 e. The van der Waals surface area contributed by atoms with Gasteiger partial charge >= 0.3 is 0 Å². The van der Waals surface area contributed by atoms with E-state index in [2.05, 4.69) is 5.43 Å². The second-order valence-corrected chi connectivity index (χ2v) is 1.36. The minimum absolute atomic E-state index is 0.653. The Morgan fingerprint density at radius 3 is 2.67 bits per heavy atom. The molecule has 1 aliphatic heterocycles. The summed E-state index contributed by atoms with van der Waals surface area (Å²) in [6.07, 6.45) is 0.990. The summed E-state index contributed by atoms with van der Waals surface area (Å²) in [6.45, 7) is 1.50. The summed E-state index contributed by atoms with van der Waals surface area (Å²) >= 11 is 0.